The van der Waals surface area contributed by atoms with Crippen LogP contribution >= 0.6 is 0 Å². The number of nitrogens with one attached hydrogen (secondary N) is 1. The van der Waals surface area contributed by atoms with Gasteiger partial charge in [-0.3, -0.25) is 4.79 Å². The van der Waals surface area contributed by atoms with Gasteiger partial charge in [0.05, 0.1) is 23.2 Å². The van der Waals surface area contributed by atoms with Crippen LogP contribution in [-0.4, -0.2) is 28.6 Å². The Morgan fingerprint density at radius 1 is 0.919 bits per heavy atom. The van der Waals surface area contributed by atoms with E-state index < -0.39 is 5.82 Å². The van der Waals surface area contributed by atoms with Gasteiger partial charge in [0.25, 0.3) is 5.91 Å². The summed E-state index contributed by atoms with van der Waals surface area (Å²) in [6.45, 7) is 6.35. The third kappa shape index (κ3) is 7.19. The van der Waals surface area contributed by atoms with Crippen LogP contribution in [0.4, 0.5) is 4.39 Å². The number of hydrogen-bond acceptors (Lipinski definition) is 3. The molecule has 3 aromatic carbocycles. The van der Waals surface area contributed by atoms with Crippen LogP contribution in [0.1, 0.15) is 59.4 Å². The van der Waals surface area contributed by atoms with Gasteiger partial charge in [-0.25, -0.2) is 9.37 Å². The summed E-state index contributed by atoms with van der Waals surface area (Å²) >= 11 is 0. The highest BCUT2D eigenvalue weighted by atomic mass is 19.1. The Morgan fingerprint density at radius 2 is 1.73 bits per heavy atom. The van der Waals surface area contributed by atoms with Crippen molar-refractivity contribution in [3.05, 3.63) is 95.1 Å². The zero-order valence-corrected chi connectivity index (χ0v) is 21.8. The lowest BCUT2D eigenvalue weighted by Gasteiger charge is -2.11. The van der Waals surface area contributed by atoms with E-state index in [9.17, 15) is 9.18 Å². The molecule has 1 aromatic heterocycles. The lowest BCUT2D eigenvalue weighted by Crippen LogP contribution is -2.25. The van der Waals surface area contributed by atoms with Gasteiger partial charge in [0, 0.05) is 19.5 Å². The largest absolute Gasteiger partial charge is 0.494 e. The Bertz CT molecular complexity index is 1330. The van der Waals surface area contributed by atoms with E-state index in [0.717, 1.165) is 62.2 Å². The highest BCUT2D eigenvalue weighted by Crippen LogP contribution is 2.20. The normalized spacial score (nSPS) is 11.1. The average molecular weight is 502 g/mol. The molecule has 0 fully saturated rings. The second kappa shape index (κ2) is 13.0. The number of fused-ring (bicyclic) bond motifs is 1. The van der Waals surface area contributed by atoms with Gasteiger partial charge in [-0.05, 0) is 87.1 Å². The quantitative estimate of drug-likeness (QED) is 0.205. The molecule has 0 unspecified atom stereocenters. The minimum atomic E-state index is -0.490. The summed E-state index contributed by atoms with van der Waals surface area (Å²) in [5, 5.41) is 2.82. The van der Waals surface area contributed by atoms with Crippen LogP contribution < -0.4 is 10.1 Å². The minimum Gasteiger partial charge on any atom is -0.494 e. The summed E-state index contributed by atoms with van der Waals surface area (Å²) in [6.07, 6.45) is 5.66. The van der Waals surface area contributed by atoms with Crippen molar-refractivity contribution in [1.82, 2.24) is 14.9 Å². The summed E-state index contributed by atoms with van der Waals surface area (Å²) in [5.41, 5.74) is 4.82. The first-order valence-corrected chi connectivity index (χ1v) is 13.2. The summed E-state index contributed by atoms with van der Waals surface area (Å²) in [6, 6.07) is 20.6. The van der Waals surface area contributed by atoms with E-state index in [-0.39, 0.29) is 11.5 Å². The van der Waals surface area contributed by atoms with Gasteiger partial charge in [0.15, 0.2) is 0 Å². The zero-order valence-electron chi connectivity index (χ0n) is 21.8. The maximum Gasteiger partial charge on any atom is 0.254 e. The topological polar surface area (TPSA) is 56.1 Å². The molecular weight excluding hydrogens is 465 g/mol. The molecule has 0 spiro atoms. The van der Waals surface area contributed by atoms with Crippen LogP contribution in [0.2, 0.25) is 0 Å². The molecule has 0 atom stereocenters. The van der Waals surface area contributed by atoms with Crippen LogP contribution in [0.5, 0.6) is 5.75 Å². The molecule has 0 radical (unpaired) electrons. The molecule has 5 nitrogen and oxygen atoms in total. The van der Waals surface area contributed by atoms with E-state index >= 15 is 0 Å². The van der Waals surface area contributed by atoms with Gasteiger partial charge in [-0.2, -0.15) is 0 Å². The third-order valence-corrected chi connectivity index (χ3v) is 6.74. The fourth-order valence-corrected chi connectivity index (χ4v) is 4.46. The lowest BCUT2D eigenvalue weighted by molar-refractivity contribution is 0.0949. The average Bonchev–Trinajstić information content (AvgIpc) is 3.25. The van der Waals surface area contributed by atoms with Crippen molar-refractivity contribution >= 4 is 16.9 Å². The van der Waals surface area contributed by atoms with Crippen LogP contribution in [0, 0.1) is 19.7 Å². The molecule has 1 N–H and O–H groups in total. The molecule has 0 bridgehead atoms. The molecule has 4 rings (SSSR count). The predicted octanol–water partition coefficient (Wildman–Crippen LogP) is 6.79. The number of halogens is 1. The highest BCUT2D eigenvalue weighted by molar-refractivity contribution is 5.94. The lowest BCUT2D eigenvalue weighted by atomic mass is 10.1. The van der Waals surface area contributed by atoms with Crippen molar-refractivity contribution in [3.63, 3.8) is 0 Å². The Morgan fingerprint density at radius 3 is 2.57 bits per heavy atom. The third-order valence-electron chi connectivity index (χ3n) is 6.74. The molecule has 0 aliphatic heterocycles. The number of amides is 1. The predicted molar refractivity (Wildman–Crippen MR) is 147 cm³/mol. The number of unbranched alkanes of at least 4 members (excludes halogenated alkanes) is 3. The van der Waals surface area contributed by atoms with E-state index in [1.54, 1.807) is 12.1 Å². The summed E-state index contributed by atoms with van der Waals surface area (Å²) in [7, 11) is 0. The molecule has 1 heterocycles. The van der Waals surface area contributed by atoms with Crippen molar-refractivity contribution in [2.24, 2.45) is 0 Å². The van der Waals surface area contributed by atoms with E-state index in [1.807, 2.05) is 12.1 Å². The number of aryl methyl sites for hydroxylation is 4. The van der Waals surface area contributed by atoms with Gasteiger partial charge in [0.1, 0.15) is 17.4 Å². The van der Waals surface area contributed by atoms with Crippen molar-refractivity contribution in [2.75, 3.05) is 13.2 Å². The molecule has 0 saturated heterocycles. The van der Waals surface area contributed by atoms with Gasteiger partial charge in [-0.1, -0.05) is 36.8 Å². The number of benzene rings is 3. The van der Waals surface area contributed by atoms with Crippen LogP contribution in [0.3, 0.4) is 0 Å². The van der Waals surface area contributed by atoms with Crippen molar-refractivity contribution < 1.29 is 13.9 Å². The fourth-order valence-electron chi connectivity index (χ4n) is 4.46. The summed E-state index contributed by atoms with van der Waals surface area (Å²) in [4.78, 5) is 17.0. The SMILES string of the molecule is Cc1ccc(OCCCCn2c(CCCCCNC(=O)c3ccccc3F)nc3ccccc32)cc1C. The van der Waals surface area contributed by atoms with Crippen LogP contribution in [0.25, 0.3) is 11.0 Å². The Balaban J connectivity index is 1.22. The maximum atomic E-state index is 13.7. The van der Waals surface area contributed by atoms with Gasteiger partial charge < -0.3 is 14.6 Å². The number of para-hydroxylation sites is 2. The second-order valence-corrected chi connectivity index (χ2v) is 9.52. The van der Waals surface area contributed by atoms with Crippen LogP contribution in [-0.2, 0) is 13.0 Å². The molecule has 6 heteroatoms. The first kappa shape index (κ1) is 26.4. The zero-order chi connectivity index (χ0) is 26.0. The Labute approximate surface area is 218 Å². The van der Waals surface area contributed by atoms with E-state index in [0.29, 0.717) is 13.2 Å². The molecular formula is C31H36FN3O2. The Hall–Kier alpha value is -3.67. The van der Waals surface area contributed by atoms with Crippen molar-refractivity contribution in [3.8, 4) is 5.75 Å². The smallest absolute Gasteiger partial charge is 0.254 e. The maximum absolute atomic E-state index is 13.7. The van der Waals surface area contributed by atoms with Crippen molar-refractivity contribution in [1.29, 1.82) is 0 Å². The minimum absolute atomic E-state index is 0.0931. The van der Waals surface area contributed by atoms with Gasteiger partial charge in [0.2, 0.25) is 0 Å². The number of carbonyl (C=O) groups is 1. The molecule has 1 amide bonds. The number of nitrogens with zero attached hydrogens (tertiary/aromatic N) is 2. The molecule has 0 aliphatic carbocycles. The van der Waals surface area contributed by atoms with E-state index in [4.69, 9.17) is 9.72 Å². The van der Waals surface area contributed by atoms with Gasteiger partial charge in [-0.15, -0.1) is 0 Å². The highest BCUT2D eigenvalue weighted by Gasteiger charge is 2.11. The number of aromatic nitrogens is 2. The first-order valence-electron chi connectivity index (χ1n) is 13.2. The summed E-state index contributed by atoms with van der Waals surface area (Å²) < 4.78 is 22.0. The molecule has 0 aliphatic rings. The van der Waals surface area contributed by atoms with Crippen molar-refractivity contribution in [2.45, 2.75) is 58.9 Å². The second-order valence-electron chi connectivity index (χ2n) is 9.52. The van der Waals surface area contributed by atoms with Gasteiger partial charge >= 0.3 is 0 Å². The Kier molecular flexibility index (Phi) is 9.30. The van der Waals surface area contributed by atoms with Crippen LogP contribution in [0.15, 0.2) is 66.7 Å². The molecule has 4 aromatic rings. The number of rotatable bonds is 13. The van der Waals surface area contributed by atoms with E-state index in [2.05, 4.69) is 54.1 Å². The first-order chi connectivity index (χ1) is 18.0. The van der Waals surface area contributed by atoms with E-state index in [1.165, 1.54) is 28.8 Å². The molecule has 194 valence electrons. The number of carbonyl (C=O) groups excluding carboxylic acids is 1. The summed E-state index contributed by atoms with van der Waals surface area (Å²) in [5.74, 6) is 1.19. The molecule has 0 saturated carbocycles. The standard InChI is InChI=1S/C31H36FN3O2/c1-23-17-18-25(22-24(23)2)37-21-11-10-20-35-29-15-8-7-14-28(29)34-30(35)16-4-3-9-19-33-31(36)26-12-5-6-13-27(26)32/h5-8,12-15,17-18,22H,3-4,9-11,16,19-21H2,1-2H3,(H,33,36). The fraction of sp³-hybridized carbons (Fsp3) is 0.355. The number of ether oxygens (including phenoxy) is 1. The number of hydrogen-bond donors (Lipinski definition) is 1. The monoisotopic (exact) mass is 501 g/mol. The number of imidazole rings is 1. The molecule has 37 heavy (non-hydrogen) atoms.